The predicted octanol–water partition coefficient (Wildman–Crippen LogP) is 1.57. The monoisotopic (exact) mass is 196 g/mol. The third kappa shape index (κ3) is 1.59. The van der Waals surface area contributed by atoms with Crippen LogP contribution in [0, 0.1) is 17.3 Å². The van der Waals surface area contributed by atoms with E-state index in [1.165, 1.54) is 26.2 Å². The zero-order valence-electron chi connectivity index (χ0n) is 10.0. The van der Waals surface area contributed by atoms with Crippen LogP contribution in [0.1, 0.15) is 27.7 Å². The molecule has 1 N–H and O–H groups in total. The fourth-order valence-electron chi connectivity index (χ4n) is 2.94. The number of fused-ring (bicyclic) bond motifs is 1. The Hall–Kier alpha value is -0.0800. The zero-order chi connectivity index (χ0) is 10.3. The highest BCUT2D eigenvalue weighted by molar-refractivity contribution is 5.01. The average Bonchev–Trinajstić information content (AvgIpc) is 2.57. The minimum Gasteiger partial charge on any atom is -0.316 e. The molecule has 0 spiro atoms. The summed E-state index contributed by atoms with van der Waals surface area (Å²) in [5.74, 6) is 1.68. The molecule has 0 radical (unpaired) electrons. The minimum absolute atomic E-state index is 0.559. The van der Waals surface area contributed by atoms with Gasteiger partial charge in [-0.15, -0.1) is 0 Å². The molecule has 0 aromatic carbocycles. The van der Waals surface area contributed by atoms with Crippen molar-refractivity contribution in [1.82, 2.24) is 10.2 Å². The van der Waals surface area contributed by atoms with Gasteiger partial charge in [-0.25, -0.2) is 0 Å². The first-order valence-corrected chi connectivity index (χ1v) is 5.98. The van der Waals surface area contributed by atoms with Crippen LogP contribution in [-0.2, 0) is 0 Å². The lowest BCUT2D eigenvalue weighted by atomic mass is 9.83. The van der Waals surface area contributed by atoms with E-state index in [4.69, 9.17) is 0 Å². The molecule has 2 aliphatic rings. The fourth-order valence-corrected chi connectivity index (χ4v) is 2.94. The summed E-state index contributed by atoms with van der Waals surface area (Å²) in [5, 5.41) is 3.53. The second-order valence-corrected chi connectivity index (χ2v) is 5.90. The molecule has 0 aromatic rings. The van der Waals surface area contributed by atoms with Gasteiger partial charge < -0.3 is 5.32 Å². The van der Waals surface area contributed by atoms with Crippen molar-refractivity contribution in [3.63, 3.8) is 0 Å². The number of hydrogen-bond acceptors (Lipinski definition) is 2. The molecule has 0 amide bonds. The van der Waals surface area contributed by atoms with Crippen LogP contribution in [0.4, 0.5) is 0 Å². The third-order valence-corrected chi connectivity index (χ3v) is 4.47. The van der Waals surface area contributed by atoms with E-state index >= 15 is 0 Å². The number of nitrogens with one attached hydrogen (secondary N) is 1. The lowest BCUT2D eigenvalue weighted by Crippen LogP contribution is -2.38. The largest absolute Gasteiger partial charge is 0.316 e. The predicted molar refractivity (Wildman–Crippen MR) is 60.3 cm³/mol. The van der Waals surface area contributed by atoms with E-state index in [0.29, 0.717) is 5.41 Å². The van der Waals surface area contributed by atoms with Gasteiger partial charge in [0.2, 0.25) is 0 Å². The highest BCUT2D eigenvalue weighted by Gasteiger charge is 2.47. The van der Waals surface area contributed by atoms with E-state index in [1.54, 1.807) is 0 Å². The van der Waals surface area contributed by atoms with Crippen molar-refractivity contribution in [2.45, 2.75) is 33.7 Å². The molecule has 14 heavy (non-hydrogen) atoms. The van der Waals surface area contributed by atoms with Gasteiger partial charge in [-0.1, -0.05) is 20.8 Å². The van der Waals surface area contributed by atoms with Crippen LogP contribution in [0.3, 0.4) is 0 Å². The van der Waals surface area contributed by atoms with Gasteiger partial charge in [0.1, 0.15) is 0 Å². The summed E-state index contributed by atoms with van der Waals surface area (Å²) in [4.78, 5) is 2.69. The molecule has 2 heteroatoms. The van der Waals surface area contributed by atoms with Gasteiger partial charge in [-0.2, -0.15) is 0 Å². The van der Waals surface area contributed by atoms with Gasteiger partial charge in [0.15, 0.2) is 0 Å². The fraction of sp³-hybridized carbons (Fsp3) is 1.00. The molecule has 82 valence electrons. The van der Waals surface area contributed by atoms with Gasteiger partial charge in [0.05, 0.1) is 0 Å². The maximum atomic E-state index is 3.53. The van der Waals surface area contributed by atoms with Crippen molar-refractivity contribution in [2.75, 3.05) is 26.2 Å². The van der Waals surface area contributed by atoms with Crippen molar-refractivity contribution in [3.8, 4) is 0 Å². The number of hydrogen-bond donors (Lipinski definition) is 1. The summed E-state index contributed by atoms with van der Waals surface area (Å²) in [6.45, 7) is 14.6. The van der Waals surface area contributed by atoms with Crippen LogP contribution < -0.4 is 5.32 Å². The van der Waals surface area contributed by atoms with Crippen molar-refractivity contribution in [1.29, 1.82) is 0 Å². The molecule has 2 fully saturated rings. The molecule has 0 saturated carbocycles. The molecule has 0 aliphatic carbocycles. The van der Waals surface area contributed by atoms with Gasteiger partial charge >= 0.3 is 0 Å². The number of likely N-dealkylation sites (tertiary alicyclic amines) is 1. The molecule has 3 atom stereocenters. The van der Waals surface area contributed by atoms with E-state index in [2.05, 4.69) is 37.9 Å². The number of nitrogens with zero attached hydrogens (tertiary/aromatic N) is 1. The Morgan fingerprint density at radius 2 is 2.07 bits per heavy atom. The zero-order valence-corrected chi connectivity index (χ0v) is 10.0. The van der Waals surface area contributed by atoms with Crippen LogP contribution in [0.5, 0.6) is 0 Å². The second kappa shape index (κ2) is 3.49. The van der Waals surface area contributed by atoms with Gasteiger partial charge in [-0.3, -0.25) is 4.90 Å². The molecule has 0 unspecified atom stereocenters. The Morgan fingerprint density at radius 3 is 2.64 bits per heavy atom. The van der Waals surface area contributed by atoms with Crippen molar-refractivity contribution in [2.24, 2.45) is 17.3 Å². The Balaban J connectivity index is 2.01. The van der Waals surface area contributed by atoms with E-state index in [-0.39, 0.29) is 0 Å². The van der Waals surface area contributed by atoms with E-state index in [1.807, 2.05) is 0 Å². The standard InChI is InChI=1S/C12H24N2/c1-9(2)10(3)14-6-11-5-13-7-12(11,4)8-14/h9-11,13H,5-8H2,1-4H3/t10-,11-,12+/m0/s1. The summed E-state index contributed by atoms with van der Waals surface area (Å²) in [6, 6.07) is 0.748. The quantitative estimate of drug-likeness (QED) is 0.721. The first kappa shape index (κ1) is 10.4. The van der Waals surface area contributed by atoms with Crippen LogP contribution in [-0.4, -0.2) is 37.1 Å². The van der Waals surface area contributed by atoms with Crippen molar-refractivity contribution in [3.05, 3.63) is 0 Å². The second-order valence-electron chi connectivity index (χ2n) is 5.90. The molecule has 2 saturated heterocycles. The smallest absolute Gasteiger partial charge is 0.00902 e. The molecule has 2 rings (SSSR count). The highest BCUT2D eigenvalue weighted by Crippen LogP contribution is 2.39. The van der Waals surface area contributed by atoms with Crippen LogP contribution >= 0.6 is 0 Å². The molecule has 2 nitrogen and oxygen atoms in total. The lowest BCUT2D eigenvalue weighted by molar-refractivity contribution is 0.183. The summed E-state index contributed by atoms with van der Waals surface area (Å²) in [5.41, 5.74) is 0.559. The molecule has 0 aromatic heterocycles. The van der Waals surface area contributed by atoms with Crippen molar-refractivity contribution < 1.29 is 0 Å². The normalized spacial score (nSPS) is 40.5. The molecule has 2 heterocycles. The maximum Gasteiger partial charge on any atom is 0.00902 e. The lowest BCUT2D eigenvalue weighted by Gasteiger charge is -2.29. The summed E-state index contributed by atoms with van der Waals surface area (Å²) in [6.07, 6.45) is 0. The Labute approximate surface area is 88.1 Å². The van der Waals surface area contributed by atoms with Crippen molar-refractivity contribution >= 4 is 0 Å². The van der Waals surface area contributed by atoms with Crippen LogP contribution in [0.25, 0.3) is 0 Å². The Morgan fingerprint density at radius 1 is 1.36 bits per heavy atom. The van der Waals surface area contributed by atoms with E-state index < -0.39 is 0 Å². The average molecular weight is 196 g/mol. The first-order chi connectivity index (χ1) is 6.53. The minimum atomic E-state index is 0.559. The van der Waals surface area contributed by atoms with E-state index in [9.17, 15) is 0 Å². The summed E-state index contributed by atoms with van der Waals surface area (Å²) >= 11 is 0. The van der Waals surface area contributed by atoms with Gasteiger partial charge in [0, 0.05) is 25.7 Å². The highest BCUT2D eigenvalue weighted by atomic mass is 15.2. The number of rotatable bonds is 2. The summed E-state index contributed by atoms with van der Waals surface area (Å²) in [7, 11) is 0. The maximum absolute atomic E-state index is 3.53. The first-order valence-electron chi connectivity index (χ1n) is 5.98. The molecule has 0 bridgehead atoms. The third-order valence-electron chi connectivity index (χ3n) is 4.47. The van der Waals surface area contributed by atoms with Crippen LogP contribution in [0.2, 0.25) is 0 Å². The Kier molecular flexibility index (Phi) is 2.61. The van der Waals surface area contributed by atoms with Crippen LogP contribution in [0.15, 0.2) is 0 Å². The molecular weight excluding hydrogens is 172 g/mol. The summed E-state index contributed by atoms with van der Waals surface area (Å²) < 4.78 is 0. The Bertz CT molecular complexity index is 214. The molecular formula is C12H24N2. The molecule has 2 aliphatic heterocycles. The topological polar surface area (TPSA) is 15.3 Å². The SMILES string of the molecule is CC(C)[C@H](C)N1C[C@@H]2CNC[C@]2(C)C1. The van der Waals surface area contributed by atoms with E-state index in [0.717, 1.165) is 17.9 Å². The van der Waals surface area contributed by atoms with Gasteiger partial charge in [-0.05, 0) is 30.7 Å². The van der Waals surface area contributed by atoms with Gasteiger partial charge in [0.25, 0.3) is 0 Å².